The number of carbonyl (C=O) groups is 2. The first-order valence-corrected chi connectivity index (χ1v) is 10.3. The number of benzene rings is 3. The van der Waals surface area contributed by atoms with E-state index in [1.165, 1.54) is 61.5 Å². The lowest BCUT2D eigenvalue weighted by atomic mass is 10.1. The van der Waals surface area contributed by atoms with Crippen molar-refractivity contribution in [2.75, 3.05) is 15.4 Å². The SMILES string of the molecule is CC(=O)Nc1ccc(S(=O)(=O)Nc2ccccc2C(=O)Nc2cccc(F)c2)cc1. The number of carbonyl (C=O) groups excluding carboxylic acids is 2. The number of anilines is 3. The van der Waals surface area contributed by atoms with Crippen LogP contribution in [0.15, 0.2) is 77.7 Å². The van der Waals surface area contributed by atoms with Gasteiger partial charge in [0.25, 0.3) is 15.9 Å². The summed E-state index contributed by atoms with van der Waals surface area (Å²) in [6.07, 6.45) is 0. The van der Waals surface area contributed by atoms with E-state index < -0.39 is 21.7 Å². The van der Waals surface area contributed by atoms with Gasteiger partial charge in [-0.15, -0.1) is 0 Å². The topological polar surface area (TPSA) is 104 Å². The Morgan fingerprint density at radius 1 is 0.833 bits per heavy atom. The molecule has 0 bridgehead atoms. The smallest absolute Gasteiger partial charge is 0.261 e. The minimum Gasteiger partial charge on any atom is -0.326 e. The van der Waals surface area contributed by atoms with E-state index >= 15 is 0 Å². The van der Waals surface area contributed by atoms with Crippen LogP contribution in [0, 0.1) is 5.82 Å². The van der Waals surface area contributed by atoms with Crippen molar-refractivity contribution in [3.8, 4) is 0 Å². The Labute approximate surface area is 173 Å². The van der Waals surface area contributed by atoms with Crippen LogP contribution in [0.4, 0.5) is 21.5 Å². The average molecular weight is 427 g/mol. The molecule has 0 heterocycles. The van der Waals surface area contributed by atoms with Gasteiger partial charge in [-0.3, -0.25) is 14.3 Å². The molecule has 0 aliphatic rings. The predicted molar refractivity (Wildman–Crippen MR) is 112 cm³/mol. The molecule has 0 aromatic heterocycles. The summed E-state index contributed by atoms with van der Waals surface area (Å²) in [4.78, 5) is 23.6. The molecule has 154 valence electrons. The molecule has 0 atom stereocenters. The van der Waals surface area contributed by atoms with Crippen molar-refractivity contribution < 1.29 is 22.4 Å². The summed E-state index contributed by atoms with van der Waals surface area (Å²) in [5, 5.41) is 5.09. The molecule has 0 fully saturated rings. The van der Waals surface area contributed by atoms with Crippen molar-refractivity contribution in [1.29, 1.82) is 0 Å². The Bertz CT molecular complexity index is 1190. The van der Waals surface area contributed by atoms with Crippen molar-refractivity contribution in [2.45, 2.75) is 11.8 Å². The fraction of sp³-hybridized carbons (Fsp3) is 0.0476. The number of nitrogens with one attached hydrogen (secondary N) is 3. The van der Waals surface area contributed by atoms with Crippen LogP contribution in [0.2, 0.25) is 0 Å². The monoisotopic (exact) mass is 427 g/mol. The van der Waals surface area contributed by atoms with E-state index in [4.69, 9.17) is 0 Å². The molecule has 0 aliphatic heterocycles. The van der Waals surface area contributed by atoms with Gasteiger partial charge in [-0.25, -0.2) is 12.8 Å². The van der Waals surface area contributed by atoms with Gasteiger partial charge in [0, 0.05) is 18.3 Å². The first kappa shape index (κ1) is 21.0. The maximum absolute atomic E-state index is 13.3. The molecular formula is C21H18FN3O4S. The number of amides is 2. The van der Waals surface area contributed by atoms with Gasteiger partial charge >= 0.3 is 0 Å². The Morgan fingerprint density at radius 3 is 2.20 bits per heavy atom. The number of halogens is 1. The Hall–Kier alpha value is -3.72. The standard InChI is InChI=1S/C21H18FN3O4S/c1-14(26)23-16-9-11-18(12-10-16)30(28,29)25-20-8-3-2-7-19(20)21(27)24-17-6-4-5-15(22)13-17/h2-13,25H,1H3,(H,23,26)(H,24,27). The molecule has 0 saturated heterocycles. The first-order chi connectivity index (χ1) is 14.2. The van der Waals surface area contributed by atoms with Gasteiger partial charge in [-0.1, -0.05) is 18.2 Å². The van der Waals surface area contributed by atoms with Crippen LogP contribution in [-0.4, -0.2) is 20.2 Å². The Morgan fingerprint density at radius 2 is 1.53 bits per heavy atom. The summed E-state index contributed by atoms with van der Waals surface area (Å²) < 4.78 is 41.2. The molecule has 3 aromatic rings. The van der Waals surface area contributed by atoms with Crippen molar-refractivity contribution in [2.24, 2.45) is 0 Å². The Balaban J connectivity index is 1.83. The van der Waals surface area contributed by atoms with E-state index in [-0.39, 0.29) is 27.7 Å². The second kappa shape index (κ2) is 8.75. The molecule has 2 amide bonds. The third-order valence-electron chi connectivity index (χ3n) is 3.98. The van der Waals surface area contributed by atoms with E-state index in [2.05, 4.69) is 15.4 Å². The van der Waals surface area contributed by atoms with Crippen molar-refractivity contribution in [3.05, 3.63) is 84.2 Å². The highest BCUT2D eigenvalue weighted by Gasteiger charge is 2.19. The van der Waals surface area contributed by atoms with Crippen LogP contribution in [0.1, 0.15) is 17.3 Å². The maximum atomic E-state index is 13.3. The highest BCUT2D eigenvalue weighted by atomic mass is 32.2. The number of rotatable bonds is 6. The fourth-order valence-corrected chi connectivity index (χ4v) is 3.74. The molecule has 3 aromatic carbocycles. The van der Waals surface area contributed by atoms with Crippen LogP contribution in [0.25, 0.3) is 0 Å². The largest absolute Gasteiger partial charge is 0.326 e. The summed E-state index contributed by atoms with van der Waals surface area (Å²) in [6, 6.07) is 17.0. The zero-order chi connectivity index (χ0) is 21.7. The predicted octanol–water partition coefficient (Wildman–Crippen LogP) is 3.84. The Kier molecular flexibility index (Phi) is 6.12. The van der Waals surface area contributed by atoms with Crippen molar-refractivity contribution >= 4 is 38.9 Å². The van der Waals surface area contributed by atoms with Crippen molar-refractivity contribution in [3.63, 3.8) is 0 Å². The van der Waals surface area contributed by atoms with Gasteiger partial charge in [0.05, 0.1) is 16.1 Å². The highest BCUT2D eigenvalue weighted by Crippen LogP contribution is 2.22. The normalized spacial score (nSPS) is 10.9. The second-order valence-electron chi connectivity index (χ2n) is 6.32. The molecule has 0 aliphatic carbocycles. The number of hydrogen-bond donors (Lipinski definition) is 3. The molecule has 30 heavy (non-hydrogen) atoms. The summed E-state index contributed by atoms with van der Waals surface area (Å²) in [6.45, 7) is 1.35. The summed E-state index contributed by atoms with van der Waals surface area (Å²) in [5.41, 5.74) is 0.833. The second-order valence-corrected chi connectivity index (χ2v) is 8.00. The molecule has 0 saturated carbocycles. The van der Waals surface area contributed by atoms with Gasteiger partial charge in [-0.2, -0.15) is 0 Å². The van der Waals surface area contributed by atoms with Crippen LogP contribution < -0.4 is 15.4 Å². The molecule has 7 nitrogen and oxygen atoms in total. The number of hydrogen-bond acceptors (Lipinski definition) is 4. The van der Waals surface area contributed by atoms with Gasteiger partial charge in [-0.05, 0) is 54.6 Å². The lowest BCUT2D eigenvalue weighted by Gasteiger charge is -2.13. The van der Waals surface area contributed by atoms with E-state index in [0.29, 0.717) is 5.69 Å². The van der Waals surface area contributed by atoms with Crippen LogP contribution in [-0.2, 0) is 14.8 Å². The summed E-state index contributed by atoms with van der Waals surface area (Å²) in [7, 11) is -4.00. The third kappa shape index (κ3) is 5.21. The van der Waals surface area contributed by atoms with Gasteiger partial charge in [0.15, 0.2) is 0 Å². The third-order valence-corrected chi connectivity index (χ3v) is 5.36. The summed E-state index contributed by atoms with van der Waals surface area (Å²) >= 11 is 0. The van der Waals surface area contributed by atoms with E-state index in [0.717, 1.165) is 6.07 Å². The van der Waals surface area contributed by atoms with Gasteiger partial charge in [0.1, 0.15) is 5.82 Å². The molecule has 3 rings (SSSR count). The molecule has 9 heteroatoms. The molecule has 0 spiro atoms. The zero-order valence-electron chi connectivity index (χ0n) is 15.8. The van der Waals surface area contributed by atoms with Crippen LogP contribution >= 0.6 is 0 Å². The maximum Gasteiger partial charge on any atom is 0.261 e. The lowest BCUT2D eigenvalue weighted by molar-refractivity contribution is -0.114. The number of para-hydroxylation sites is 1. The minimum absolute atomic E-state index is 0.0445. The van der Waals surface area contributed by atoms with E-state index in [1.807, 2.05) is 0 Å². The van der Waals surface area contributed by atoms with Crippen LogP contribution in [0.5, 0.6) is 0 Å². The summed E-state index contributed by atoms with van der Waals surface area (Å²) in [5.74, 6) is -1.38. The zero-order valence-corrected chi connectivity index (χ0v) is 16.7. The van der Waals surface area contributed by atoms with Crippen LogP contribution in [0.3, 0.4) is 0 Å². The molecule has 3 N–H and O–H groups in total. The molecule has 0 radical (unpaired) electrons. The van der Waals surface area contributed by atoms with Crippen molar-refractivity contribution in [1.82, 2.24) is 0 Å². The fourth-order valence-electron chi connectivity index (χ4n) is 2.66. The minimum atomic E-state index is -4.00. The number of sulfonamides is 1. The molecular weight excluding hydrogens is 409 g/mol. The quantitative estimate of drug-likeness (QED) is 0.556. The van der Waals surface area contributed by atoms with E-state index in [1.54, 1.807) is 12.1 Å². The lowest BCUT2D eigenvalue weighted by Crippen LogP contribution is -2.18. The molecule has 0 unspecified atom stereocenters. The average Bonchev–Trinajstić information content (AvgIpc) is 2.68. The first-order valence-electron chi connectivity index (χ1n) is 8.81. The van der Waals surface area contributed by atoms with Gasteiger partial charge in [0.2, 0.25) is 5.91 Å². The van der Waals surface area contributed by atoms with E-state index in [9.17, 15) is 22.4 Å². The highest BCUT2D eigenvalue weighted by molar-refractivity contribution is 7.92. The van der Waals surface area contributed by atoms with Gasteiger partial charge < -0.3 is 10.6 Å².